The van der Waals surface area contributed by atoms with Crippen LogP contribution in [0.3, 0.4) is 0 Å². The molecule has 1 fully saturated rings. The predicted octanol–water partition coefficient (Wildman–Crippen LogP) is 4.62. The SMILES string of the molecule is CC(C)(NC(=O)N1CCC2(CCn3nc(-c4cnc5ccccc5c4)cc32)C1)c1ncccc1F. The number of fused-ring (bicyclic) bond motifs is 3. The van der Waals surface area contributed by atoms with Crippen molar-refractivity contribution in [3.8, 4) is 11.3 Å². The maximum Gasteiger partial charge on any atom is 0.318 e. The van der Waals surface area contributed by atoms with E-state index in [9.17, 15) is 9.18 Å². The predicted molar refractivity (Wildman–Crippen MR) is 131 cm³/mol. The van der Waals surface area contributed by atoms with Gasteiger partial charge in [-0.1, -0.05) is 18.2 Å². The summed E-state index contributed by atoms with van der Waals surface area (Å²) in [6.07, 6.45) is 5.24. The van der Waals surface area contributed by atoms with Crippen LogP contribution in [0, 0.1) is 5.82 Å². The van der Waals surface area contributed by atoms with Crippen LogP contribution in [0.1, 0.15) is 38.1 Å². The third kappa shape index (κ3) is 3.64. The number of hydrogen-bond donors (Lipinski definition) is 1. The lowest BCUT2D eigenvalue weighted by atomic mass is 9.82. The van der Waals surface area contributed by atoms with Gasteiger partial charge in [0.1, 0.15) is 11.5 Å². The van der Waals surface area contributed by atoms with E-state index in [-0.39, 0.29) is 17.1 Å². The van der Waals surface area contributed by atoms with E-state index in [1.165, 1.54) is 11.8 Å². The molecule has 1 unspecified atom stereocenters. The molecular formula is C27H27FN6O. The number of para-hydroxylation sites is 1. The van der Waals surface area contributed by atoms with Crippen molar-refractivity contribution in [3.05, 3.63) is 78.1 Å². The van der Waals surface area contributed by atoms with Crippen LogP contribution in [0.2, 0.25) is 0 Å². The van der Waals surface area contributed by atoms with E-state index in [1.807, 2.05) is 29.3 Å². The Morgan fingerprint density at radius 1 is 1.09 bits per heavy atom. The number of aromatic nitrogens is 4. The molecule has 178 valence electrons. The molecule has 3 aromatic heterocycles. The van der Waals surface area contributed by atoms with Gasteiger partial charge in [0.05, 0.1) is 16.7 Å². The fourth-order valence-corrected chi connectivity index (χ4v) is 5.52. The molecule has 0 bridgehead atoms. The highest BCUT2D eigenvalue weighted by molar-refractivity contribution is 5.83. The van der Waals surface area contributed by atoms with Crippen molar-refractivity contribution >= 4 is 16.9 Å². The van der Waals surface area contributed by atoms with Crippen LogP contribution < -0.4 is 5.32 Å². The number of pyridine rings is 2. The van der Waals surface area contributed by atoms with Crippen LogP contribution in [0.25, 0.3) is 22.2 Å². The molecule has 1 atom stereocenters. The number of urea groups is 1. The standard InChI is InChI=1S/C27H27FN6O/c1-26(2,24-20(28)7-5-11-29-24)31-25(35)33-12-9-27(17-33)10-13-34-23(27)15-22(32-34)19-14-18-6-3-4-8-21(18)30-16-19/h3-8,11,14-16H,9-10,12-13,17H2,1-2H3,(H,31,35). The van der Waals surface area contributed by atoms with Crippen LogP contribution >= 0.6 is 0 Å². The largest absolute Gasteiger partial charge is 0.327 e. The van der Waals surface area contributed by atoms with E-state index in [4.69, 9.17) is 5.10 Å². The Morgan fingerprint density at radius 2 is 1.91 bits per heavy atom. The third-order valence-corrected chi connectivity index (χ3v) is 7.42. The van der Waals surface area contributed by atoms with E-state index in [0.29, 0.717) is 13.1 Å². The maximum absolute atomic E-state index is 14.3. The Morgan fingerprint density at radius 3 is 2.77 bits per heavy atom. The summed E-state index contributed by atoms with van der Waals surface area (Å²) in [5.74, 6) is -0.425. The van der Waals surface area contributed by atoms with Crippen LogP contribution in [-0.2, 0) is 17.5 Å². The van der Waals surface area contributed by atoms with Crippen molar-refractivity contribution in [2.45, 2.75) is 44.2 Å². The van der Waals surface area contributed by atoms with Crippen molar-refractivity contribution in [3.63, 3.8) is 0 Å². The molecule has 2 amide bonds. The monoisotopic (exact) mass is 470 g/mol. The lowest BCUT2D eigenvalue weighted by Crippen LogP contribution is -2.49. The number of benzene rings is 1. The highest BCUT2D eigenvalue weighted by Gasteiger charge is 2.47. The molecule has 7 nitrogen and oxygen atoms in total. The molecule has 1 aromatic carbocycles. The molecule has 8 heteroatoms. The number of halogens is 1. The number of hydrogen-bond acceptors (Lipinski definition) is 4. The second-order valence-corrected chi connectivity index (χ2v) is 10.1. The third-order valence-electron chi connectivity index (χ3n) is 7.42. The molecule has 0 radical (unpaired) electrons. The van der Waals surface area contributed by atoms with Gasteiger partial charge in [-0.3, -0.25) is 14.6 Å². The second-order valence-electron chi connectivity index (χ2n) is 10.1. The zero-order chi connectivity index (χ0) is 24.2. The molecule has 6 rings (SSSR count). The second kappa shape index (κ2) is 7.86. The zero-order valence-corrected chi connectivity index (χ0v) is 19.8. The van der Waals surface area contributed by atoms with E-state index in [0.717, 1.165) is 41.5 Å². The summed E-state index contributed by atoms with van der Waals surface area (Å²) in [5, 5.41) is 8.95. The Kier molecular flexibility index (Phi) is 4.88. The fourth-order valence-electron chi connectivity index (χ4n) is 5.52. The van der Waals surface area contributed by atoms with Gasteiger partial charge in [0, 0.05) is 54.1 Å². The molecule has 1 N–H and O–H groups in total. The molecule has 35 heavy (non-hydrogen) atoms. The molecule has 5 heterocycles. The molecule has 1 spiro atoms. The van der Waals surface area contributed by atoms with Gasteiger partial charge < -0.3 is 10.2 Å². The average Bonchev–Trinajstić information content (AvgIpc) is 3.55. The minimum atomic E-state index is -0.925. The van der Waals surface area contributed by atoms with Gasteiger partial charge in [0.15, 0.2) is 0 Å². The summed E-state index contributed by atoms with van der Waals surface area (Å²) in [4.78, 5) is 23.8. The summed E-state index contributed by atoms with van der Waals surface area (Å²) < 4.78 is 16.4. The van der Waals surface area contributed by atoms with E-state index >= 15 is 0 Å². The molecule has 2 aliphatic heterocycles. The fraction of sp³-hybridized carbons (Fsp3) is 0.333. The van der Waals surface area contributed by atoms with E-state index < -0.39 is 11.4 Å². The van der Waals surface area contributed by atoms with Crippen molar-refractivity contribution < 1.29 is 9.18 Å². The first kappa shape index (κ1) is 21.7. The smallest absolute Gasteiger partial charge is 0.318 e. The summed E-state index contributed by atoms with van der Waals surface area (Å²) in [6.45, 7) is 5.63. The lowest BCUT2D eigenvalue weighted by molar-refractivity contribution is 0.192. The molecule has 2 aliphatic rings. The van der Waals surface area contributed by atoms with Crippen molar-refractivity contribution in [1.82, 2.24) is 30.0 Å². The highest BCUT2D eigenvalue weighted by atomic mass is 19.1. The summed E-state index contributed by atoms with van der Waals surface area (Å²) in [5.41, 5.74) is 3.23. The number of amides is 2. The first-order valence-electron chi connectivity index (χ1n) is 12.0. The van der Waals surface area contributed by atoms with Gasteiger partial charge >= 0.3 is 6.03 Å². The van der Waals surface area contributed by atoms with Crippen molar-refractivity contribution in [2.24, 2.45) is 0 Å². The van der Waals surface area contributed by atoms with Crippen LogP contribution in [0.4, 0.5) is 9.18 Å². The minimum Gasteiger partial charge on any atom is -0.327 e. The van der Waals surface area contributed by atoms with Gasteiger partial charge in [-0.2, -0.15) is 5.10 Å². The Balaban J connectivity index is 1.22. The molecule has 4 aromatic rings. The highest BCUT2D eigenvalue weighted by Crippen LogP contribution is 2.44. The molecule has 1 saturated heterocycles. The first-order valence-corrected chi connectivity index (χ1v) is 12.0. The quantitative estimate of drug-likeness (QED) is 0.474. The number of aryl methyl sites for hydroxylation is 1. The Hall–Kier alpha value is -3.81. The van der Waals surface area contributed by atoms with Crippen LogP contribution in [-0.4, -0.2) is 43.8 Å². The van der Waals surface area contributed by atoms with Crippen LogP contribution in [0.15, 0.2) is 60.9 Å². The zero-order valence-electron chi connectivity index (χ0n) is 19.8. The lowest BCUT2D eigenvalue weighted by Gasteiger charge is -2.30. The van der Waals surface area contributed by atoms with E-state index in [1.54, 1.807) is 26.1 Å². The van der Waals surface area contributed by atoms with Gasteiger partial charge in [-0.05, 0) is 57.0 Å². The number of rotatable bonds is 3. The van der Waals surface area contributed by atoms with E-state index in [2.05, 4.69) is 38.2 Å². The summed E-state index contributed by atoms with van der Waals surface area (Å²) >= 11 is 0. The first-order chi connectivity index (χ1) is 16.8. The van der Waals surface area contributed by atoms with Gasteiger partial charge in [0.25, 0.3) is 0 Å². The number of carbonyl (C=O) groups is 1. The van der Waals surface area contributed by atoms with Crippen molar-refractivity contribution in [1.29, 1.82) is 0 Å². The van der Waals surface area contributed by atoms with Crippen LogP contribution in [0.5, 0.6) is 0 Å². The average molecular weight is 471 g/mol. The number of nitrogens with one attached hydrogen (secondary N) is 1. The summed E-state index contributed by atoms with van der Waals surface area (Å²) in [6, 6.07) is 15.1. The van der Waals surface area contributed by atoms with Crippen molar-refractivity contribution in [2.75, 3.05) is 13.1 Å². The van der Waals surface area contributed by atoms with Gasteiger partial charge in [-0.25, -0.2) is 9.18 Å². The molecule has 0 saturated carbocycles. The minimum absolute atomic E-state index is 0.118. The van der Waals surface area contributed by atoms with Gasteiger partial charge in [0.2, 0.25) is 0 Å². The topological polar surface area (TPSA) is 75.9 Å². The van der Waals surface area contributed by atoms with Gasteiger partial charge in [-0.15, -0.1) is 0 Å². The summed E-state index contributed by atoms with van der Waals surface area (Å²) in [7, 11) is 0. The molecule has 0 aliphatic carbocycles. The molecular weight excluding hydrogens is 443 g/mol. The Labute approximate surface area is 203 Å². The number of carbonyl (C=O) groups excluding carboxylic acids is 1. The maximum atomic E-state index is 14.3. The normalized spacial score (nSPS) is 19.5. The Bertz CT molecular complexity index is 1450. The number of likely N-dealkylation sites (tertiary alicyclic amines) is 1. The number of nitrogens with zero attached hydrogens (tertiary/aromatic N) is 5.